The molecule has 0 bridgehead atoms. The van der Waals surface area contributed by atoms with E-state index >= 15 is 0 Å². The maximum Gasteiger partial charge on any atom is 0.304 e. The molecular formula is C13H20N2O4S. The summed E-state index contributed by atoms with van der Waals surface area (Å²) in [4.78, 5) is 10.4. The van der Waals surface area contributed by atoms with Crippen LogP contribution in [0.5, 0.6) is 0 Å². The summed E-state index contributed by atoms with van der Waals surface area (Å²) >= 11 is 0. The Hall–Kier alpha value is -1.60. The minimum absolute atomic E-state index is 0.0747. The lowest BCUT2D eigenvalue weighted by Crippen LogP contribution is -2.34. The van der Waals surface area contributed by atoms with Crippen molar-refractivity contribution < 1.29 is 18.3 Å². The first-order valence-electron chi connectivity index (χ1n) is 6.28. The summed E-state index contributed by atoms with van der Waals surface area (Å²) in [7, 11) is -2.38. The van der Waals surface area contributed by atoms with Crippen molar-refractivity contribution in [2.75, 3.05) is 18.3 Å². The number of carboxylic acids is 1. The summed E-state index contributed by atoms with van der Waals surface area (Å²) in [6.07, 6.45) is -0.232. The van der Waals surface area contributed by atoms with Crippen LogP contribution in [0.4, 0.5) is 5.69 Å². The van der Waals surface area contributed by atoms with E-state index in [9.17, 15) is 13.2 Å². The molecule has 2 N–H and O–H groups in total. The molecule has 0 aliphatic carbocycles. The van der Waals surface area contributed by atoms with Gasteiger partial charge in [0.15, 0.2) is 0 Å². The van der Waals surface area contributed by atoms with Crippen LogP contribution in [0.2, 0.25) is 0 Å². The van der Waals surface area contributed by atoms with Gasteiger partial charge in [-0.05, 0) is 23.6 Å². The second-order valence-corrected chi connectivity index (χ2v) is 6.63. The highest BCUT2D eigenvalue weighted by Crippen LogP contribution is 2.18. The molecule has 6 nitrogen and oxygen atoms in total. The van der Waals surface area contributed by atoms with Gasteiger partial charge in [0.05, 0.1) is 6.42 Å². The van der Waals surface area contributed by atoms with E-state index in [0.29, 0.717) is 11.6 Å². The van der Waals surface area contributed by atoms with Gasteiger partial charge in [0.2, 0.25) is 0 Å². The Morgan fingerprint density at radius 1 is 1.30 bits per heavy atom. The molecule has 20 heavy (non-hydrogen) atoms. The van der Waals surface area contributed by atoms with Gasteiger partial charge in [-0.1, -0.05) is 26.0 Å². The monoisotopic (exact) mass is 300 g/mol. The first kappa shape index (κ1) is 16.5. The first-order chi connectivity index (χ1) is 9.22. The molecule has 0 atom stereocenters. The molecule has 112 valence electrons. The van der Waals surface area contributed by atoms with Gasteiger partial charge in [-0.25, -0.2) is 0 Å². The molecular weight excluding hydrogens is 280 g/mol. The quantitative estimate of drug-likeness (QED) is 0.805. The maximum atomic E-state index is 12.0. The molecule has 0 heterocycles. The lowest BCUT2D eigenvalue weighted by molar-refractivity contribution is -0.137. The van der Waals surface area contributed by atoms with Crippen LogP contribution in [-0.4, -0.2) is 37.4 Å². The van der Waals surface area contributed by atoms with Gasteiger partial charge >= 0.3 is 16.2 Å². The highest BCUT2D eigenvalue weighted by atomic mass is 32.2. The summed E-state index contributed by atoms with van der Waals surface area (Å²) in [5, 5.41) is 8.56. The summed E-state index contributed by atoms with van der Waals surface area (Å²) in [5.41, 5.74) is 1.57. The van der Waals surface area contributed by atoms with Crippen molar-refractivity contribution in [2.24, 2.45) is 0 Å². The number of nitrogens with one attached hydrogen (secondary N) is 1. The van der Waals surface area contributed by atoms with Crippen molar-refractivity contribution in [1.29, 1.82) is 0 Å². The normalized spacial score (nSPS) is 11.8. The standard InChI is InChI=1S/C13H20N2O4S/c1-10(2)11-4-6-12(7-5-11)14-20(18,19)15(3)9-8-13(16)17/h4-7,10,14H,8-9H2,1-3H3,(H,16,17). The fourth-order valence-electron chi connectivity index (χ4n) is 1.54. The number of aliphatic carboxylic acids is 1. The van der Waals surface area contributed by atoms with E-state index in [1.807, 2.05) is 12.1 Å². The lowest BCUT2D eigenvalue weighted by atomic mass is 10.0. The molecule has 0 aromatic heterocycles. The average molecular weight is 300 g/mol. The summed E-state index contributed by atoms with van der Waals surface area (Å²) < 4.78 is 27.3. The lowest BCUT2D eigenvalue weighted by Gasteiger charge is -2.17. The van der Waals surface area contributed by atoms with Crippen molar-refractivity contribution in [3.05, 3.63) is 29.8 Å². The fourth-order valence-corrected chi connectivity index (χ4v) is 2.46. The third-order valence-corrected chi connectivity index (χ3v) is 4.37. The van der Waals surface area contributed by atoms with E-state index in [1.54, 1.807) is 12.1 Å². The SMILES string of the molecule is CC(C)c1ccc(NS(=O)(=O)N(C)CCC(=O)O)cc1. The van der Waals surface area contributed by atoms with Gasteiger partial charge in [0.1, 0.15) is 0 Å². The van der Waals surface area contributed by atoms with E-state index in [4.69, 9.17) is 5.11 Å². The zero-order valence-corrected chi connectivity index (χ0v) is 12.6. The van der Waals surface area contributed by atoms with Crippen LogP contribution in [0, 0.1) is 0 Å². The molecule has 0 aliphatic rings. The fraction of sp³-hybridized carbons (Fsp3) is 0.462. The second-order valence-electron chi connectivity index (χ2n) is 4.85. The molecule has 0 fully saturated rings. The van der Waals surface area contributed by atoms with Crippen LogP contribution >= 0.6 is 0 Å². The minimum atomic E-state index is -3.72. The van der Waals surface area contributed by atoms with E-state index in [0.717, 1.165) is 9.87 Å². The van der Waals surface area contributed by atoms with E-state index in [2.05, 4.69) is 18.6 Å². The third-order valence-electron chi connectivity index (χ3n) is 2.88. The highest BCUT2D eigenvalue weighted by molar-refractivity contribution is 7.90. The van der Waals surface area contributed by atoms with Gasteiger partial charge in [-0.15, -0.1) is 0 Å². The van der Waals surface area contributed by atoms with Crippen molar-refractivity contribution in [2.45, 2.75) is 26.2 Å². The molecule has 7 heteroatoms. The summed E-state index contributed by atoms with van der Waals surface area (Å²) in [6, 6.07) is 7.11. The summed E-state index contributed by atoms with van der Waals surface area (Å²) in [6.45, 7) is 4.03. The van der Waals surface area contributed by atoms with Crippen molar-refractivity contribution in [1.82, 2.24) is 4.31 Å². The Balaban J connectivity index is 2.72. The largest absolute Gasteiger partial charge is 0.481 e. The second kappa shape index (κ2) is 6.71. The minimum Gasteiger partial charge on any atom is -0.481 e. The van der Waals surface area contributed by atoms with Gasteiger partial charge in [0.25, 0.3) is 0 Å². The third kappa shape index (κ3) is 4.82. The van der Waals surface area contributed by atoms with E-state index in [-0.39, 0.29) is 13.0 Å². The molecule has 0 amide bonds. The predicted molar refractivity (Wildman–Crippen MR) is 78.0 cm³/mol. The number of anilines is 1. The number of nitrogens with zero attached hydrogens (tertiary/aromatic N) is 1. The molecule has 0 saturated heterocycles. The molecule has 1 aromatic carbocycles. The zero-order chi connectivity index (χ0) is 15.3. The number of benzene rings is 1. The predicted octanol–water partition coefficient (Wildman–Crippen LogP) is 1.87. The first-order valence-corrected chi connectivity index (χ1v) is 7.72. The van der Waals surface area contributed by atoms with Gasteiger partial charge in [-0.3, -0.25) is 9.52 Å². The molecule has 0 aliphatic heterocycles. The molecule has 0 saturated carbocycles. The van der Waals surface area contributed by atoms with E-state index < -0.39 is 16.2 Å². The molecule has 0 unspecified atom stereocenters. The van der Waals surface area contributed by atoms with E-state index in [1.165, 1.54) is 7.05 Å². The van der Waals surface area contributed by atoms with Gasteiger partial charge < -0.3 is 5.11 Å². The van der Waals surface area contributed by atoms with Crippen molar-refractivity contribution in [3.8, 4) is 0 Å². The number of carbonyl (C=O) groups is 1. The molecule has 0 spiro atoms. The Morgan fingerprint density at radius 2 is 1.85 bits per heavy atom. The van der Waals surface area contributed by atoms with Crippen LogP contribution in [0.1, 0.15) is 31.7 Å². The number of hydrogen-bond acceptors (Lipinski definition) is 3. The zero-order valence-electron chi connectivity index (χ0n) is 11.8. The Kier molecular flexibility index (Phi) is 5.52. The average Bonchev–Trinajstić information content (AvgIpc) is 2.35. The number of carboxylic acid groups (broad SMARTS) is 1. The molecule has 1 aromatic rings. The van der Waals surface area contributed by atoms with Gasteiger partial charge in [0, 0.05) is 19.3 Å². The van der Waals surface area contributed by atoms with Crippen LogP contribution in [-0.2, 0) is 15.0 Å². The maximum absolute atomic E-state index is 12.0. The topological polar surface area (TPSA) is 86.7 Å². The molecule has 1 rings (SSSR count). The van der Waals surface area contributed by atoms with Gasteiger partial charge in [-0.2, -0.15) is 12.7 Å². The Labute approximate surface area is 119 Å². The van der Waals surface area contributed by atoms with Crippen LogP contribution in [0.15, 0.2) is 24.3 Å². The van der Waals surface area contributed by atoms with Crippen LogP contribution in [0.25, 0.3) is 0 Å². The smallest absolute Gasteiger partial charge is 0.304 e. The van der Waals surface area contributed by atoms with Crippen molar-refractivity contribution in [3.63, 3.8) is 0 Å². The highest BCUT2D eigenvalue weighted by Gasteiger charge is 2.18. The molecule has 0 radical (unpaired) electrons. The number of rotatable bonds is 7. The Morgan fingerprint density at radius 3 is 2.30 bits per heavy atom. The van der Waals surface area contributed by atoms with Crippen LogP contribution < -0.4 is 4.72 Å². The summed E-state index contributed by atoms with van der Waals surface area (Å²) in [5.74, 6) is -0.660. The number of hydrogen-bond donors (Lipinski definition) is 2. The van der Waals surface area contributed by atoms with Crippen LogP contribution in [0.3, 0.4) is 0 Å². The van der Waals surface area contributed by atoms with Crippen molar-refractivity contribution >= 4 is 21.9 Å². The Bertz CT molecular complexity index is 552.